The quantitative estimate of drug-likeness (QED) is 0.684. The summed E-state index contributed by atoms with van der Waals surface area (Å²) >= 11 is 0. The van der Waals surface area contributed by atoms with Crippen molar-refractivity contribution in [3.05, 3.63) is 42.0 Å². The number of nitriles is 1. The van der Waals surface area contributed by atoms with E-state index in [1.807, 2.05) is 18.2 Å². The van der Waals surface area contributed by atoms with E-state index in [1.54, 1.807) is 31.2 Å². The molecular weight excluding hydrogens is 280 g/mol. The van der Waals surface area contributed by atoms with Crippen LogP contribution in [0.4, 0.5) is 5.69 Å². The molecule has 0 aliphatic heterocycles. The first-order valence-electron chi connectivity index (χ1n) is 7.26. The first-order valence-corrected chi connectivity index (χ1v) is 7.26. The number of nitrogens with one attached hydrogen (secondary N) is 1. The summed E-state index contributed by atoms with van der Waals surface area (Å²) in [6.45, 7) is 1.55. The van der Waals surface area contributed by atoms with Crippen LogP contribution in [0.2, 0.25) is 0 Å². The van der Waals surface area contributed by atoms with Crippen LogP contribution in [-0.4, -0.2) is 18.0 Å². The third kappa shape index (κ3) is 4.19. The van der Waals surface area contributed by atoms with Gasteiger partial charge in [-0.3, -0.25) is 9.59 Å². The molecule has 0 aromatic heterocycles. The second kappa shape index (κ2) is 7.41. The molecule has 0 saturated heterocycles. The summed E-state index contributed by atoms with van der Waals surface area (Å²) in [5.74, 6) is -0.869. The number of nitrogens with zero attached hydrogens (tertiary/aromatic N) is 1. The highest BCUT2D eigenvalue weighted by Gasteiger charge is 2.24. The highest BCUT2D eigenvalue weighted by Crippen LogP contribution is 2.20. The van der Waals surface area contributed by atoms with Gasteiger partial charge < -0.3 is 10.1 Å². The van der Waals surface area contributed by atoms with Crippen molar-refractivity contribution < 1.29 is 14.3 Å². The molecule has 0 heterocycles. The van der Waals surface area contributed by atoms with Crippen LogP contribution in [0.25, 0.3) is 0 Å². The third-order valence-corrected chi connectivity index (χ3v) is 3.55. The van der Waals surface area contributed by atoms with Crippen molar-refractivity contribution >= 4 is 17.6 Å². The van der Waals surface area contributed by atoms with Gasteiger partial charge in [-0.15, -0.1) is 0 Å². The smallest absolute Gasteiger partial charge is 0.310 e. The second-order valence-electron chi connectivity index (χ2n) is 5.24. The maximum absolute atomic E-state index is 12.0. The van der Waals surface area contributed by atoms with Gasteiger partial charge in [0, 0.05) is 5.69 Å². The number of benzene rings is 1. The monoisotopic (exact) mass is 298 g/mol. The normalized spacial score (nSPS) is 18.1. The lowest BCUT2D eigenvalue weighted by Crippen LogP contribution is -2.32. The van der Waals surface area contributed by atoms with Gasteiger partial charge in [-0.25, -0.2) is 0 Å². The van der Waals surface area contributed by atoms with Crippen LogP contribution in [-0.2, 0) is 14.3 Å². The lowest BCUT2D eigenvalue weighted by atomic mass is 9.95. The lowest BCUT2D eigenvalue weighted by molar-refractivity contribution is -0.157. The fraction of sp³-hybridized carbons (Fsp3) is 0.353. The minimum atomic E-state index is -0.853. The Kier molecular flexibility index (Phi) is 5.31. The third-order valence-electron chi connectivity index (χ3n) is 3.55. The molecule has 5 nitrogen and oxygen atoms in total. The maximum Gasteiger partial charge on any atom is 0.310 e. The van der Waals surface area contributed by atoms with Gasteiger partial charge in [0.2, 0.25) is 0 Å². The molecule has 1 aromatic carbocycles. The first-order chi connectivity index (χ1) is 10.6. The van der Waals surface area contributed by atoms with Crippen LogP contribution in [0.15, 0.2) is 36.4 Å². The molecule has 2 rings (SSSR count). The Morgan fingerprint density at radius 3 is 2.64 bits per heavy atom. The summed E-state index contributed by atoms with van der Waals surface area (Å²) in [5.41, 5.74) is 1.08. The SMILES string of the molecule is C[C@@H](OC(=O)[C@H]1CC=CCC1)C(=O)Nc1ccc(C#N)cc1. The number of ether oxygens (including phenoxy) is 1. The molecule has 114 valence electrons. The summed E-state index contributed by atoms with van der Waals surface area (Å²) in [4.78, 5) is 24.0. The molecule has 1 aliphatic carbocycles. The summed E-state index contributed by atoms with van der Waals surface area (Å²) in [6.07, 6.45) is 5.46. The van der Waals surface area contributed by atoms with Crippen LogP contribution < -0.4 is 5.32 Å². The Hall–Kier alpha value is -2.61. The summed E-state index contributed by atoms with van der Waals surface area (Å²) < 4.78 is 5.23. The number of rotatable bonds is 4. The summed E-state index contributed by atoms with van der Waals surface area (Å²) in [5, 5.41) is 11.4. The zero-order valence-electron chi connectivity index (χ0n) is 12.4. The van der Waals surface area contributed by atoms with Crippen molar-refractivity contribution in [1.82, 2.24) is 0 Å². The van der Waals surface area contributed by atoms with Crippen molar-refractivity contribution in [3.63, 3.8) is 0 Å². The van der Waals surface area contributed by atoms with E-state index in [9.17, 15) is 9.59 Å². The van der Waals surface area contributed by atoms with E-state index in [2.05, 4.69) is 5.32 Å². The number of anilines is 1. The standard InChI is InChI=1S/C17H18N2O3/c1-12(22-17(21)14-5-3-2-4-6-14)16(20)19-15-9-7-13(11-18)8-10-15/h2-3,7-10,12,14H,4-6H2,1H3,(H,19,20)/t12-,14+/m1/s1. The highest BCUT2D eigenvalue weighted by molar-refractivity contribution is 5.95. The Morgan fingerprint density at radius 1 is 1.32 bits per heavy atom. The van der Waals surface area contributed by atoms with E-state index in [1.165, 1.54) is 0 Å². The first kappa shape index (κ1) is 15.8. The van der Waals surface area contributed by atoms with Crippen LogP contribution in [0.1, 0.15) is 31.7 Å². The van der Waals surface area contributed by atoms with Gasteiger partial charge in [0.1, 0.15) is 0 Å². The lowest BCUT2D eigenvalue weighted by Gasteiger charge is -2.19. The summed E-state index contributed by atoms with van der Waals surface area (Å²) in [6, 6.07) is 8.50. The minimum absolute atomic E-state index is 0.157. The van der Waals surface area contributed by atoms with Gasteiger partial charge in [0.25, 0.3) is 5.91 Å². The number of allylic oxidation sites excluding steroid dienone is 2. The zero-order valence-corrected chi connectivity index (χ0v) is 12.4. The molecule has 1 amide bonds. The fourth-order valence-electron chi connectivity index (χ4n) is 2.20. The molecule has 1 aliphatic rings. The maximum atomic E-state index is 12.0. The van der Waals surface area contributed by atoms with Crippen molar-refractivity contribution in [2.45, 2.75) is 32.3 Å². The Labute approximate surface area is 129 Å². The predicted molar refractivity (Wildman–Crippen MR) is 81.8 cm³/mol. The molecule has 0 spiro atoms. The number of amides is 1. The van der Waals surface area contributed by atoms with Crippen molar-refractivity contribution in [2.75, 3.05) is 5.32 Å². The van der Waals surface area contributed by atoms with Gasteiger partial charge in [0.05, 0.1) is 17.6 Å². The Balaban J connectivity index is 1.87. The molecule has 2 atom stereocenters. The van der Waals surface area contributed by atoms with Gasteiger partial charge in [-0.1, -0.05) is 12.2 Å². The topological polar surface area (TPSA) is 79.2 Å². The Morgan fingerprint density at radius 2 is 2.05 bits per heavy atom. The van der Waals surface area contributed by atoms with Crippen molar-refractivity contribution in [3.8, 4) is 6.07 Å². The zero-order chi connectivity index (χ0) is 15.9. The number of hydrogen-bond donors (Lipinski definition) is 1. The fourth-order valence-corrected chi connectivity index (χ4v) is 2.20. The van der Waals surface area contributed by atoms with E-state index in [0.717, 1.165) is 12.8 Å². The molecule has 0 unspecified atom stereocenters. The van der Waals surface area contributed by atoms with Crippen molar-refractivity contribution in [1.29, 1.82) is 5.26 Å². The number of carbonyl (C=O) groups excluding carboxylic acids is 2. The predicted octanol–water partition coefficient (Wildman–Crippen LogP) is 2.78. The average Bonchev–Trinajstić information content (AvgIpc) is 2.56. The molecular formula is C17H18N2O3. The summed E-state index contributed by atoms with van der Waals surface area (Å²) in [7, 11) is 0. The van der Waals surface area contributed by atoms with Gasteiger partial charge in [-0.05, 0) is 50.5 Å². The number of carbonyl (C=O) groups is 2. The molecule has 0 fully saturated rings. The average molecular weight is 298 g/mol. The molecule has 5 heteroatoms. The van der Waals surface area contributed by atoms with E-state index in [0.29, 0.717) is 17.7 Å². The molecule has 0 bridgehead atoms. The van der Waals surface area contributed by atoms with Crippen LogP contribution in [0, 0.1) is 17.2 Å². The Bertz CT molecular complexity index is 614. The van der Waals surface area contributed by atoms with E-state index < -0.39 is 6.10 Å². The minimum Gasteiger partial charge on any atom is -0.452 e. The molecule has 0 saturated carbocycles. The second-order valence-corrected chi connectivity index (χ2v) is 5.24. The number of esters is 1. The molecule has 1 N–H and O–H groups in total. The number of hydrogen-bond acceptors (Lipinski definition) is 4. The molecule has 0 radical (unpaired) electrons. The molecule has 1 aromatic rings. The highest BCUT2D eigenvalue weighted by atomic mass is 16.5. The van der Waals surface area contributed by atoms with E-state index >= 15 is 0 Å². The van der Waals surface area contributed by atoms with Crippen LogP contribution in [0.3, 0.4) is 0 Å². The van der Waals surface area contributed by atoms with E-state index in [4.69, 9.17) is 10.00 Å². The van der Waals surface area contributed by atoms with Crippen molar-refractivity contribution in [2.24, 2.45) is 5.92 Å². The van der Waals surface area contributed by atoms with Crippen LogP contribution >= 0.6 is 0 Å². The van der Waals surface area contributed by atoms with E-state index in [-0.39, 0.29) is 17.8 Å². The van der Waals surface area contributed by atoms with Gasteiger partial charge >= 0.3 is 5.97 Å². The van der Waals surface area contributed by atoms with Gasteiger partial charge in [0.15, 0.2) is 6.10 Å². The molecule has 22 heavy (non-hydrogen) atoms. The van der Waals surface area contributed by atoms with Gasteiger partial charge in [-0.2, -0.15) is 5.26 Å². The largest absolute Gasteiger partial charge is 0.452 e. The van der Waals surface area contributed by atoms with Crippen LogP contribution in [0.5, 0.6) is 0 Å².